The first kappa shape index (κ1) is 23.1. The first-order valence-corrected chi connectivity index (χ1v) is 10.3. The van der Waals surface area contributed by atoms with Gasteiger partial charge in [0, 0.05) is 44.7 Å². The van der Waals surface area contributed by atoms with Gasteiger partial charge in [-0.3, -0.25) is 14.5 Å². The number of nitrogens with one attached hydrogen (secondary N) is 2. The fourth-order valence-corrected chi connectivity index (χ4v) is 3.34. The number of piperazine rings is 1. The zero-order valence-electron chi connectivity index (χ0n) is 17.5. The molecule has 6 heteroatoms. The topological polar surface area (TPSA) is 64.7 Å². The van der Waals surface area contributed by atoms with Crippen molar-refractivity contribution in [3.8, 4) is 0 Å². The normalized spacial score (nSPS) is 17.7. The van der Waals surface area contributed by atoms with Crippen molar-refractivity contribution in [1.82, 2.24) is 20.4 Å². The summed E-state index contributed by atoms with van der Waals surface area (Å²) >= 11 is 0. The second-order valence-corrected chi connectivity index (χ2v) is 7.99. The summed E-state index contributed by atoms with van der Waals surface area (Å²) in [5.41, 5.74) is 0. The lowest BCUT2D eigenvalue weighted by Crippen LogP contribution is -2.49. The van der Waals surface area contributed by atoms with Gasteiger partial charge in [0.05, 0.1) is 12.6 Å². The average Bonchev–Trinajstić information content (AvgIpc) is 2.60. The minimum atomic E-state index is -0.0689. The predicted octanol–water partition coefficient (Wildman–Crippen LogP) is 1.50. The van der Waals surface area contributed by atoms with Gasteiger partial charge in [-0.05, 0) is 25.8 Å². The number of carbonyl (C=O) groups is 2. The molecule has 1 aliphatic heterocycles. The van der Waals surface area contributed by atoms with Crippen molar-refractivity contribution >= 4 is 11.7 Å². The molecular formula is C20H40N4O2. The summed E-state index contributed by atoms with van der Waals surface area (Å²) < 4.78 is 0. The number of hydrogen-bond donors (Lipinski definition) is 2. The SMILES string of the molecule is CCN1CCN(CC(=O)NCCCC[C@H](NC(C)C)C(=O)C(C)C)CC1. The Morgan fingerprint density at radius 3 is 2.12 bits per heavy atom. The van der Waals surface area contributed by atoms with E-state index in [1.807, 2.05) is 13.8 Å². The number of Topliss-reactive ketones (excluding diaryl/α,β-unsaturated/α-hetero) is 1. The molecule has 1 heterocycles. The van der Waals surface area contributed by atoms with Crippen molar-refractivity contribution in [2.75, 3.05) is 45.8 Å². The Bertz CT molecular complexity index is 418. The fourth-order valence-electron chi connectivity index (χ4n) is 3.34. The van der Waals surface area contributed by atoms with Gasteiger partial charge in [0.25, 0.3) is 0 Å². The molecule has 0 saturated carbocycles. The highest BCUT2D eigenvalue weighted by Crippen LogP contribution is 2.09. The van der Waals surface area contributed by atoms with Gasteiger partial charge in [0.2, 0.25) is 5.91 Å². The number of unbranched alkanes of at least 4 members (excludes halogenated alkanes) is 1. The number of nitrogens with zero attached hydrogens (tertiary/aromatic N) is 2. The molecule has 0 aromatic heterocycles. The Hall–Kier alpha value is -0.980. The van der Waals surface area contributed by atoms with E-state index >= 15 is 0 Å². The Morgan fingerprint density at radius 2 is 1.58 bits per heavy atom. The van der Waals surface area contributed by atoms with E-state index in [1.54, 1.807) is 0 Å². The lowest BCUT2D eigenvalue weighted by Gasteiger charge is -2.33. The number of amides is 1. The van der Waals surface area contributed by atoms with Gasteiger partial charge in [-0.15, -0.1) is 0 Å². The highest BCUT2D eigenvalue weighted by atomic mass is 16.2. The number of carbonyl (C=O) groups excluding carboxylic acids is 2. The molecule has 26 heavy (non-hydrogen) atoms. The molecule has 1 fully saturated rings. The van der Waals surface area contributed by atoms with E-state index in [9.17, 15) is 9.59 Å². The van der Waals surface area contributed by atoms with Crippen LogP contribution in [0.3, 0.4) is 0 Å². The Balaban J connectivity index is 2.18. The summed E-state index contributed by atoms with van der Waals surface area (Å²) in [5, 5.41) is 6.40. The second kappa shape index (κ2) is 12.4. The van der Waals surface area contributed by atoms with E-state index in [4.69, 9.17) is 0 Å². The van der Waals surface area contributed by atoms with Crippen molar-refractivity contribution in [2.24, 2.45) is 5.92 Å². The van der Waals surface area contributed by atoms with Crippen molar-refractivity contribution < 1.29 is 9.59 Å². The zero-order chi connectivity index (χ0) is 19.5. The number of likely N-dealkylation sites (N-methyl/N-ethyl adjacent to an activating group) is 1. The first-order valence-electron chi connectivity index (χ1n) is 10.3. The van der Waals surface area contributed by atoms with E-state index < -0.39 is 0 Å². The summed E-state index contributed by atoms with van der Waals surface area (Å²) in [5.74, 6) is 0.457. The van der Waals surface area contributed by atoms with Crippen LogP contribution in [0, 0.1) is 5.92 Å². The third kappa shape index (κ3) is 9.10. The van der Waals surface area contributed by atoms with Gasteiger partial charge >= 0.3 is 0 Å². The van der Waals surface area contributed by atoms with Crippen LogP contribution < -0.4 is 10.6 Å². The van der Waals surface area contributed by atoms with Crippen LogP contribution in [-0.2, 0) is 9.59 Å². The van der Waals surface area contributed by atoms with Gasteiger partial charge in [0.15, 0.2) is 5.78 Å². The van der Waals surface area contributed by atoms with E-state index in [2.05, 4.69) is 41.2 Å². The van der Waals surface area contributed by atoms with E-state index in [-0.39, 0.29) is 23.7 Å². The van der Waals surface area contributed by atoms with Crippen molar-refractivity contribution in [3.63, 3.8) is 0 Å². The molecule has 0 aliphatic carbocycles. The van der Waals surface area contributed by atoms with Crippen LogP contribution >= 0.6 is 0 Å². The highest BCUT2D eigenvalue weighted by molar-refractivity contribution is 5.85. The molecule has 152 valence electrons. The Labute approximate surface area is 160 Å². The molecule has 1 aliphatic rings. The minimum absolute atomic E-state index is 0.0547. The maximum Gasteiger partial charge on any atom is 0.234 e. The monoisotopic (exact) mass is 368 g/mol. The molecule has 6 nitrogen and oxygen atoms in total. The fraction of sp³-hybridized carbons (Fsp3) is 0.900. The van der Waals surface area contributed by atoms with Crippen LogP contribution in [0.5, 0.6) is 0 Å². The van der Waals surface area contributed by atoms with Crippen LogP contribution in [0.15, 0.2) is 0 Å². The number of hydrogen-bond acceptors (Lipinski definition) is 5. The van der Waals surface area contributed by atoms with Gasteiger partial charge < -0.3 is 15.5 Å². The van der Waals surface area contributed by atoms with Gasteiger partial charge in [-0.2, -0.15) is 0 Å². The highest BCUT2D eigenvalue weighted by Gasteiger charge is 2.21. The van der Waals surface area contributed by atoms with Crippen LogP contribution in [-0.4, -0.2) is 79.4 Å². The van der Waals surface area contributed by atoms with Crippen molar-refractivity contribution in [1.29, 1.82) is 0 Å². The summed E-state index contributed by atoms with van der Waals surface area (Å²) in [6.07, 6.45) is 2.69. The van der Waals surface area contributed by atoms with Crippen molar-refractivity contribution in [2.45, 2.75) is 66.0 Å². The molecular weight excluding hydrogens is 328 g/mol. The Morgan fingerprint density at radius 1 is 0.962 bits per heavy atom. The van der Waals surface area contributed by atoms with Gasteiger partial charge in [0.1, 0.15) is 0 Å². The Kier molecular flexibility index (Phi) is 11.0. The predicted molar refractivity (Wildman–Crippen MR) is 107 cm³/mol. The standard InChI is InChI=1S/C20H40N4O2/c1-6-23-11-13-24(14-12-23)15-19(25)21-10-8-7-9-18(22-17(4)5)20(26)16(2)3/h16-18,22H,6-15H2,1-5H3,(H,21,25)/t18-/m0/s1. The van der Waals surface area contributed by atoms with Crippen molar-refractivity contribution in [3.05, 3.63) is 0 Å². The molecule has 2 N–H and O–H groups in total. The summed E-state index contributed by atoms with van der Waals surface area (Å²) in [6, 6.07) is 0.233. The quantitative estimate of drug-likeness (QED) is 0.511. The minimum Gasteiger partial charge on any atom is -0.355 e. The number of rotatable bonds is 12. The molecule has 0 radical (unpaired) electrons. The second-order valence-electron chi connectivity index (χ2n) is 7.99. The molecule has 0 unspecified atom stereocenters. The average molecular weight is 369 g/mol. The maximum absolute atomic E-state index is 12.3. The molecule has 0 bridgehead atoms. The van der Waals surface area contributed by atoms with Crippen LogP contribution in [0.2, 0.25) is 0 Å². The smallest absolute Gasteiger partial charge is 0.234 e. The van der Waals surface area contributed by atoms with E-state index in [0.717, 1.165) is 52.0 Å². The number of ketones is 1. The summed E-state index contributed by atoms with van der Waals surface area (Å²) in [6.45, 7) is 16.6. The third-order valence-electron chi connectivity index (χ3n) is 4.97. The molecule has 1 atom stereocenters. The lowest BCUT2D eigenvalue weighted by atomic mass is 9.96. The molecule has 1 rings (SSSR count). The molecule has 1 saturated heterocycles. The van der Waals surface area contributed by atoms with Crippen LogP contribution in [0.4, 0.5) is 0 Å². The van der Waals surface area contributed by atoms with E-state index in [0.29, 0.717) is 19.1 Å². The molecule has 0 aromatic rings. The zero-order valence-corrected chi connectivity index (χ0v) is 17.5. The molecule has 0 spiro atoms. The largest absolute Gasteiger partial charge is 0.355 e. The van der Waals surface area contributed by atoms with Gasteiger partial charge in [-0.1, -0.05) is 34.6 Å². The van der Waals surface area contributed by atoms with Gasteiger partial charge in [-0.25, -0.2) is 0 Å². The molecule has 0 aromatic carbocycles. The first-order chi connectivity index (χ1) is 12.3. The third-order valence-corrected chi connectivity index (χ3v) is 4.97. The van der Waals surface area contributed by atoms with Crippen LogP contribution in [0.1, 0.15) is 53.9 Å². The van der Waals surface area contributed by atoms with Crippen LogP contribution in [0.25, 0.3) is 0 Å². The lowest BCUT2D eigenvalue weighted by molar-refractivity contribution is -0.124. The maximum atomic E-state index is 12.3. The summed E-state index contributed by atoms with van der Waals surface area (Å²) in [7, 11) is 0. The summed E-state index contributed by atoms with van der Waals surface area (Å²) in [4.78, 5) is 29.0. The molecule has 1 amide bonds. The van der Waals surface area contributed by atoms with E-state index in [1.165, 1.54) is 0 Å².